The molecule has 2 amide bonds. The molecule has 1 aromatic heterocycles. The monoisotopic (exact) mass is 730 g/mol. The summed E-state index contributed by atoms with van der Waals surface area (Å²) in [5.74, 6) is -2.70. The minimum absolute atomic E-state index is 0.0633. The summed E-state index contributed by atoms with van der Waals surface area (Å²) in [6.45, 7) is 2.36. The van der Waals surface area contributed by atoms with Gasteiger partial charge in [-0.25, -0.2) is 4.98 Å². The van der Waals surface area contributed by atoms with Gasteiger partial charge in [0.1, 0.15) is 11.2 Å². The summed E-state index contributed by atoms with van der Waals surface area (Å²) in [5.41, 5.74) is 5.02. The highest BCUT2D eigenvalue weighted by Crippen LogP contribution is 2.43. The number of alkyl halides is 3. The molecule has 0 saturated carbocycles. The van der Waals surface area contributed by atoms with E-state index in [1.165, 1.54) is 0 Å². The highest BCUT2D eigenvalue weighted by atomic mass is 35.5. The number of halogens is 5. The van der Waals surface area contributed by atoms with E-state index in [1.807, 2.05) is 79.7 Å². The molecule has 50 heavy (non-hydrogen) atoms. The first-order chi connectivity index (χ1) is 23.9. The van der Waals surface area contributed by atoms with Crippen LogP contribution in [0.1, 0.15) is 54.4 Å². The molecular weight excluding hydrogens is 696 g/mol. The SMILES string of the molecule is CC1C(Cn2cnc(Cl)c2Cl)OC(c2ccc(-c3cccc(CNC(=O)C4CCCN4C(=O)C(F)(F)F)c3)cc2)OC1c1ccc(CO)cc1. The van der Waals surface area contributed by atoms with E-state index in [0.29, 0.717) is 23.0 Å². The molecular formula is C36H35Cl2F3N4O5. The molecule has 3 aromatic carbocycles. The lowest BCUT2D eigenvalue weighted by Crippen LogP contribution is -2.50. The van der Waals surface area contributed by atoms with Crippen LogP contribution in [0.25, 0.3) is 11.1 Å². The number of benzene rings is 3. The zero-order valence-corrected chi connectivity index (χ0v) is 28.5. The van der Waals surface area contributed by atoms with E-state index >= 15 is 0 Å². The average Bonchev–Trinajstić information content (AvgIpc) is 3.74. The van der Waals surface area contributed by atoms with E-state index in [4.69, 9.17) is 32.7 Å². The number of imidazole rings is 1. The van der Waals surface area contributed by atoms with Crippen LogP contribution in [-0.4, -0.2) is 56.2 Å². The largest absolute Gasteiger partial charge is 0.471 e. The number of nitrogens with one attached hydrogen (secondary N) is 1. The van der Waals surface area contributed by atoms with Crippen LogP contribution in [0.2, 0.25) is 10.3 Å². The van der Waals surface area contributed by atoms with E-state index in [2.05, 4.69) is 10.3 Å². The van der Waals surface area contributed by atoms with Crippen LogP contribution in [0, 0.1) is 5.92 Å². The average molecular weight is 732 g/mol. The summed E-state index contributed by atoms with van der Waals surface area (Å²) in [4.78, 5) is 29.3. The summed E-state index contributed by atoms with van der Waals surface area (Å²) in [6, 6.07) is 21.6. The van der Waals surface area contributed by atoms with Crippen molar-refractivity contribution in [3.8, 4) is 11.1 Å². The number of nitrogens with zero attached hydrogens (tertiary/aromatic N) is 3. The fourth-order valence-corrected chi connectivity index (χ4v) is 6.75. The Kier molecular flexibility index (Phi) is 10.8. The van der Waals surface area contributed by atoms with Crippen molar-refractivity contribution in [2.45, 2.75) is 70.2 Å². The molecule has 2 aliphatic heterocycles. The minimum Gasteiger partial charge on any atom is -0.392 e. The van der Waals surface area contributed by atoms with Crippen molar-refractivity contribution in [2.75, 3.05) is 6.54 Å². The topological polar surface area (TPSA) is 106 Å². The minimum atomic E-state index is -5.03. The van der Waals surface area contributed by atoms with Gasteiger partial charge in [0.2, 0.25) is 5.91 Å². The van der Waals surface area contributed by atoms with Crippen LogP contribution in [0.5, 0.6) is 0 Å². The lowest BCUT2D eigenvalue weighted by atomic mass is 9.90. The summed E-state index contributed by atoms with van der Waals surface area (Å²) in [5, 5.41) is 12.7. The van der Waals surface area contributed by atoms with Gasteiger partial charge in [0.05, 0.1) is 31.7 Å². The molecule has 2 aliphatic rings. The Labute approximate surface area is 296 Å². The molecule has 264 valence electrons. The van der Waals surface area contributed by atoms with E-state index in [0.717, 1.165) is 33.4 Å². The fraction of sp³-hybridized carbons (Fsp3) is 0.361. The van der Waals surface area contributed by atoms with Gasteiger partial charge in [-0.15, -0.1) is 0 Å². The van der Waals surface area contributed by atoms with E-state index < -0.39 is 30.3 Å². The zero-order valence-electron chi connectivity index (χ0n) is 26.9. The van der Waals surface area contributed by atoms with Crippen molar-refractivity contribution in [3.63, 3.8) is 0 Å². The lowest BCUT2D eigenvalue weighted by Gasteiger charge is -2.41. The Morgan fingerprint density at radius 3 is 2.36 bits per heavy atom. The Balaban J connectivity index is 1.16. The number of aromatic nitrogens is 2. The van der Waals surface area contributed by atoms with Crippen molar-refractivity contribution in [3.05, 3.63) is 112 Å². The molecule has 3 heterocycles. The zero-order chi connectivity index (χ0) is 35.6. The van der Waals surface area contributed by atoms with Crippen molar-refractivity contribution >= 4 is 35.0 Å². The molecule has 9 nitrogen and oxygen atoms in total. The number of ether oxygens (including phenoxy) is 2. The molecule has 2 N–H and O–H groups in total. The van der Waals surface area contributed by atoms with Crippen LogP contribution in [-0.2, 0) is 38.8 Å². The lowest BCUT2D eigenvalue weighted by molar-refractivity contribution is -0.276. The predicted octanol–water partition coefficient (Wildman–Crippen LogP) is 7.01. The van der Waals surface area contributed by atoms with Crippen LogP contribution in [0.15, 0.2) is 79.1 Å². The number of hydrogen-bond donors (Lipinski definition) is 2. The molecule has 0 spiro atoms. The third kappa shape index (κ3) is 7.84. The van der Waals surface area contributed by atoms with Crippen molar-refractivity contribution < 1.29 is 37.3 Å². The number of carbonyl (C=O) groups is 2. The molecule has 6 rings (SSSR count). The first-order valence-electron chi connectivity index (χ1n) is 16.1. The summed E-state index contributed by atoms with van der Waals surface area (Å²) < 4.78 is 53.8. The highest BCUT2D eigenvalue weighted by Gasteiger charge is 2.47. The number of carbonyl (C=O) groups excluding carboxylic acids is 2. The Bertz CT molecular complexity index is 1820. The number of likely N-dealkylation sites (tertiary alicyclic amines) is 1. The van der Waals surface area contributed by atoms with Gasteiger partial charge in [-0.05, 0) is 46.7 Å². The van der Waals surface area contributed by atoms with Crippen molar-refractivity contribution in [2.24, 2.45) is 5.92 Å². The highest BCUT2D eigenvalue weighted by molar-refractivity contribution is 6.40. The molecule has 2 saturated heterocycles. The van der Waals surface area contributed by atoms with Gasteiger partial charge in [0.15, 0.2) is 11.4 Å². The number of rotatable bonds is 9. The first-order valence-corrected chi connectivity index (χ1v) is 16.9. The van der Waals surface area contributed by atoms with Crippen LogP contribution in [0.3, 0.4) is 0 Å². The normalized spacial score (nSPS) is 22.5. The molecule has 14 heteroatoms. The van der Waals surface area contributed by atoms with Gasteiger partial charge in [0, 0.05) is 24.6 Å². The van der Waals surface area contributed by atoms with Crippen molar-refractivity contribution in [1.29, 1.82) is 0 Å². The predicted molar refractivity (Wildman–Crippen MR) is 180 cm³/mol. The third-order valence-corrected chi connectivity index (χ3v) is 9.97. The fourth-order valence-electron chi connectivity index (χ4n) is 6.44. The number of hydrogen-bond acceptors (Lipinski definition) is 6. The second-order valence-corrected chi connectivity index (χ2v) is 13.2. The van der Waals surface area contributed by atoms with Crippen LogP contribution < -0.4 is 5.32 Å². The quantitative estimate of drug-likeness (QED) is 0.192. The van der Waals surface area contributed by atoms with E-state index in [9.17, 15) is 27.9 Å². The van der Waals surface area contributed by atoms with E-state index in [-0.39, 0.29) is 49.4 Å². The smallest absolute Gasteiger partial charge is 0.392 e. The van der Waals surface area contributed by atoms with Gasteiger partial charge < -0.3 is 29.4 Å². The molecule has 0 bridgehead atoms. The number of aliphatic hydroxyl groups is 1. The molecule has 5 atom stereocenters. The number of amides is 2. The Hall–Kier alpha value is -3.94. The second-order valence-electron chi connectivity index (χ2n) is 12.5. The van der Waals surface area contributed by atoms with Gasteiger partial charge in [-0.1, -0.05) is 96.9 Å². The van der Waals surface area contributed by atoms with Crippen LogP contribution >= 0.6 is 23.2 Å². The summed E-state index contributed by atoms with van der Waals surface area (Å²) in [7, 11) is 0. The third-order valence-electron chi connectivity index (χ3n) is 9.20. The molecule has 0 radical (unpaired) electrons. The summed E-state index contributed by atoms with van der Waals surface area (Å²) >= 11 is 12.5. The van der Waals surface area contributed by atoms with Gasteiger partial charge in [0.25, 0.3) is 0 Å². The second kappa shape index (κ2) is 15.1. The maximum absolute atomic E-state index is 13.0. The van der Waals surface area contributed by atoms with Gasteiger partial charge in [-0.3, -0.25) is 9.59 Å². The Morgan fingerprint density at radius 1 is 0.980 bits per heavy atom. The van der Waals surface area contributed by atoms with Gasteiger partial charge in [-0.2, -0.15) is 13.2 Å². The van der Waals surface area contributed by atoms with Crippen molar-refractivity contribution in [1.82, 2.24) is 19.8 Å². The number of aliphatic hydroxyl groups excluding tert-OH is 1. The summed E-state index contributed by atoms with van der Waals surface area (Å²) in [6.07, 6.45) is -4.33. The standard InChI is InChI=1S/C36H35Cl2F3N4O5/c1-21-29(18-44-20-43-31(37)32(44)38)49-34(50-30(21)25-9-7-22(19-46)8-10-25)26-13-11-24(12-14-26)27-5-2-4-23(16-27)17-42-33(47)28-6-3-15-45(28)35(48)36(39,40)41/h2,4-5,7-14,16,20-21,28-30,34,46H,3,6,15,17-19H2,1H3,(H,42,47). The van der Waals surface area contributed by atoms with Gasteiger partial charge >= 0.3 is 12.1 Å². The molecule has 2 fully saturated rings. The van der Waals surface area contributed by atoms with E-state index in [1.54, 1.807) is 10.9 Å². The molecule has 5 unspecified atom stereocenters. The maximum atomic E-state index is 13.0. The molecule has 0 aliphatic carbocycles. The Morgan fingerprint density at radius 2 is 1.70 bits per heavy atom. The van der Waals surface area contributed by atoms with Crippen LogP contribution in [0.4, 0.5) is 13.2 Å². The molecule has 4 aromatic rings. The maximum Gasteiger partial charge on any atom is 0.471 e. The first kappa shape index (κ1) is 35.9.